The molecule has 0 radical (unpaired) electrons. The first-order valence-electron chi connectivity index (χ1n) is 7.51. The third-order valence-corrected chi connectivity index (χ3v) is 6.23. The number of thioether (sulfide) groups is 1. The summed E-state index contributed by atoms with van der Waals surface area (Å²) >= 11 is 3.08. The van der Waals surface area contributed by atoms with Crippen molar-refractivity contribution >= 4 is 39.7 Å². The van der Waals surface area contributed by atoms with E-state index in [9.17, 15) is 4.79 Å². The predicted octanol–water partition coefficient (Wildman–Crippen LogP) is 3.79. The van der Waals surface area contributed by atoms with E-state index < -0.39 is 0 Å². The summed E-state index contributed by atoms with van der Waals surface area (Å²) in [5.41, 5.74) is 6.75. The van der Waals surface area contributed by atoms with Gasteiger partial charge in [-0.25, -0.2) is 0 Å². The quantitative estimate of drug-likeness (QED) is 0.581. The van der Waals surface area contributed by atoms with Gasteiger partial charge in [0.1, 0.15) is 9.88 Å². The number of nitrogen functional groups attached to an aromatic ring is 1. The summed E-state index contributed by atoms with van der Waals surface area (Å²) in [7, 11) is 1.64. The summed E-state index contributed by atoms with van der Waals surface area (Å²) in [4.78, 5) is 13.5. The highest BCUT2D eigenvalue weighted by Crippen LogP contribution is 2.42. The predicted molar refractivity (Wildman–Crippen MR) is 93.6 cm³/mol. The van der Waals surface area contributed by atoms with Crippen LogP contribution in [-0.2, 0) is 0 Å². The highest BCUT2D eigenvalue weighted by atomic mass is 32.2. The largest absolute Gasteiger partial charge is 0.396 e. The van der Waals surface area contributed by atoms with E-state index in [1.54, 1.807) is 18.8 Å². The van der Waals surface area contributed by atoms with Gasteiger partial charge in [0.15, 0.2) is 0 Å². The van der Waals surface area contributed by atoms with Crippen LogP contribution in [0.4, 0.5) is 10.7 Å². The third kappa shape index (κ3) is 3.86. The number of hydrogen-bond donors (Lipinski definition) is 3. The molecule has 0 saturated heterocycles. The van der Waals surface area contributed by atoms with Gasteiger partial charge in [0.25, 0.3) is 5.91 Å². The molecule has 1 aliphatic carbocycles. The molecule has 6 heteroatoms. The number of anilines is 2. The van der Waals surface area contributed by atoms with Gasteiger partial charge in [-0.3, -0.25) is 4.79 Å². The minimum Gasteiger partial charge on any atom is -0.396 e. The molecule has 2 unspecified atom stereocenters. The van der Waals surface area contributed by atoms with Crippen molar-refractivity contribution in [1.29, 1.82) is 0 Å². The van der Waals surface area contributed by atoms with Crippen molar-refractivity contribution in [2.24, 2.45) is 5.92 Å². The van der Waals surface area contributed by atoms with Crippen molar-refractivity contribution in [1.82, 2.24) is 5.32 Å². The van der Waals surface area contributed by atoms with Crippen LogP contribution in [0.3, 0.4) is 0 Å². The summed E-state index contributed by atoms with van der Waals surface area (Å²) in [6.07, 6.45) is 8.27. The number of carbonyl (C=O) groups is 1. The molecule has 21 heavy (non-hydrogen) atoms. The maximum atomic E-state index is 11.9. The summed E-state index contributed by atoms with van der Waals surface area (Å²) in [6, 6.07) is 0.497. The minimum absolute atomic E-state index is 0.102. The van der Waals surface area contributed by atoms with Gasteiger partial charge in [0.05, 0.1) is 10.6 Å². The fourth-order valence-corrected chi connectivity index (χ4v) is 4.87. The Hall–Kier alpha value is -0.880. The van der Waals surface area contributed by atoms with Gasteiger partial charge >= 0.3 is 0 Å². The zero-order chi connectivity index (χ0) is 15.4. The smallest absolute Gasteiger partial charge is 0.263 e. The molecule has 1 fully saturated rings. The van der Waals surface area contributed by atoms with Crippen LogP contribution < -0.4 is 16.4 Å². The molecule has 2 atom stereocenters. The van der Waals surface area contributed by atoms with Gasteiger partial charge < -0.3 is 16.4 Å². The Morgan fingerprint density at radius 1 is 1.33 bits per heavy atom. The Labute approximate surface area is 135 Å². The second-order valence-corrected chi connectivity index (χ2v) is 7.58. The maximum Gasteiger partial charge on any atom is 0.263 e. The van der Waals surface area contributed by atoms with Gasteiger partial charge in [-0.1, -0.05) is 19.8 Å². The van der Waals surface area contributed by atoms with E-state index in [1.165, 1.54) is 43.4 Å². The van der Waals surface area contributed by atoms with Crippen LogP contribution in [0.5, 0.6) is 0 Å². The molecule has 0 aliphatic heterocycles. The molecule has 0 bridgehead atoms. The summed E-state index contributed by atoms with van der Waals surface area (Å²) in [6.45, 7) is 2.34. The van der Waals surface area contributed by atoms with Crippen molar-refractivity contribution in [3.8, 4) is 0 Å². The lowest BCUT2D eigenvalue weighted by Gasteiger charge is -2.17. The zero-order valence-corrected chi connectivity index (χ0v) is 14.6. The second kappa shape index (κ2) is 7.40. The topological polar surface area (TPSA) is 67.2 Å². The van der Waals surface area contributed by atoms with Crippen molar-refractivity contribution in [2.75, 3.05) is 24.4 Å². The second-order valence-electron chi connectivity index (χ2n) is 5.74. The molecule has 1 aliphatic rings. The van der Waals surface area contributed by atoms with Gasteiger partial charge in [-0.2, -0.15) is 0 Å². The van der Waals surface area contributed by atoms with Crippen molar-refractivity contribution in [3.05, 3.63) is 4.88 Å². The fraction of sp³-hybridized carbons (Fsp3) is 0.667. The average Bonchev–Trinajstić information content (AvgIpc) is 2.64. The monoisotopic (exact) mass is 327 g/mol. The molecule has 4 nitrogen and oxygen atoms in total. The van der Waals surface area contributed by atoms with E-state index in [1.807, 2.05) is 6.26 Å². The van der Waals surface area contributed by atoms with E-state index in [4.69, 9.17) is 5.73 Å². The normalized spacial score (nSPS) is 22.6. The summed E-state index contributed by atoms with van der Waals surface area (Å²) in [5.74, 6) is 0.724. The Bertz CT molecular complexity index is 501. The van der Waals surface area contributed by atoms with E-state index >= 15 is 0 Å². The van der Waals surface area contributed by atoms with Crippen molar-refractivity contribution in [2.45, 2.75) is 50.0 Å². The molecule has 0 spiro atoms. The molecule has 1 amide bonds. The average molecular weight is 328 g/mol. The van der Waals surface area contributed by atoms with Crippen LogP contribution in [-0.4, -0.2) is 25.3 Å². The Balaban J connectivity index is 2.17. The Morgan fingerprint density at radius 2 is 2.10 bits per heavy atom. The van der Waals surface area contributed by atoms with Crippen LogP contribution in [0.1, 0.15) is 48.7 Å². The van der Waals surface area contributed by atoms with E-state index in [0.717, 1.165) is 15.8 Å². The number of rotatable bonds is 4. The number of amides is 1. The van der Waals surface area contributed by atoms with Gasteiger partial charge in [-0.15, -0.1) is 23.1 Å². The minimum atomic E-state index is -0.102. The molecule has 0 aromatic carbocycles. The maximum absolute atomic E-state index is 11.9. The van der Waals surface area contributed by atoms with E-state index in [-0.39, 0.29) is 5.91 Å². The van der Waals surface area contributed by atoms with Crippen LogP contribution in [0.2, 0.25) is 0 Å². The van der Waals surface area contributed by atoms with Gasteiger partial charge in [0, 0.05) is 13.1 Å². The lowest BCUT2D eigenvalue weighted by molar-refractivity contribution is 0.0968. The highest BCUT2D eigenvalue weighted by Gasteiger charge is 2.23. The SMILES string of the molecule is CNC(=O)c1sc(NC2CCCC(C)CC2)c(SC)c1N. The molecule has 118 valence electrons. The first-order chi connectivity index (χ1) is 10.1. The molecule has 1 heterocycles. The van der Waals surface area contributed by atoms with Crippen molar-refractivity contribution < 1.29 is 4.79 Å². The molecule has 4 N–H and O–H groups in total. The molecular weight excluding hydrogens is 302 g/mol. The summed E-state index contributed by atoms with van der Waals surface area (Å²) in [5, 5.41) is 7.35. The van der Waals surface area contributed by atoms with E-state index in [0.29, 0.717) is 16.6 Å². The van der Waals surface area contributed by atoms with Crippen LogP contribution >= 0.6 is 23.1 Å². The van der Waals surface area contributed by atoms with Crippen molar-refractivity contribution in [3.63, 3.8) is 0 Å². The first kappa shape index (κ1) is 16.5. The van der Waals surface area contributed by atoms with Crippen LogP contribution in [0.15, 0.2) is 4.90 Å². The lowest BCUT2D eigenvalue weighted by Crippen LogP contribution is -2.18. The lowest BCUT2D eigenvalue weighted by atomic mass is 10.0. The first-order valence-corrected chi connectivity index (χ1v) is 9.55. The van der Waals surface area contributed by atoms with Gasteiger partial charge in [0.2, 0.25) is 0 Å². The molecule has 2 rings (SSSR count). The number of nitrogens with one attached hydrogen (secondary N) is 2. The number of thiophene rings is 1. The van der Waals surface area contributed by atoms with Crippen LogP contribution in [0.25, 0.3) is 0 Å². The zero-order valence-electron chi connectivity index (χ0n) is 13.0. The van der Waals surface area contributed by atoms with Gasteiger partial charge in [-0.05, 0) is 31.4 Å². The fourth-order valence-electron chi connectivity index (χ4n) is 2.83. The number of nitrogens with two attached hydrogens (primary N) is 1. The van der Waals surface area contributed by atoms with Crippen LogP contribution in [0, 0.1) is 5.92 Å². The standard InChI is InChI=1S/C15H25N3OS2/c1-9-5-4-6-10(8-7-9)18-15-13(20-3)11(16)12(21-15)14(19)17-2/h9-10,18H,4-8,16H2,1-3H3,(H,17,19). The summed E-state index contributed by atoms with van der Waals surface area (Å²) < 4.78 is 0. The number of hydrogen-bond acceptors (Lipinski definition) is 5. The highest BCUT2D eigenvalue weighted by molar-refractivity contribution is 7.99. The molecule has 1 aromatic heterocycles. The molecular formula is C15H25N3OS2. The molecule has 1 aromatic rings. The third-order valence-electron chi connectivity index (χ3n) is 4.13. The van der Waals surface area contributed by atoms with E-state index in [2.05, 4.69) is 17.6 Å². The Kier molecular flexibility index (Phi) is 5.81. The Morgan fingerprint density at radius 3 is 2.76 bits per heavy atom. The number of carbonyl (C=O) groups excluding carboxylic acids is 1. The molecule has 1 saturated carbocycles.